The Kier molecular flexibility index (Phi) is 4.47. The summed E-state index contributed by atoms with van der Waals surface area (Å²) in [7, 11) is 0. The molecule has 0 saturated carbocycles. The highest BCUT2D eigenvalue weighted by atomic mass is 16.5. The Morgan fingerprint density at radius 3 is 2.47 bits per heavy atom. The van der Waals surface area contributed by atoms with E-state index in [9.17, 15) is 9.59 Å². The average Bonchev–Trinajstić information content (AvgIpc) is 2.26. The van der Waals surface area contributed by atoms with E-state index < -0.39 is 18.0 Å². The van der Waals surface area contributed by atoms with E-state index in [1.54, 1.807) is 18.2 Å². The summed E-state index contributed by atoms with van der Waals surface area (Å²) >= 11 is 0. The van der Waals surface area contributed by atoms with Gasteiger partial charge >= 0.3 is 11.9 Å². The largest absolute Gasteiger partial charge is 0.478 e. The molecule has 17 heavy (non-hydrogen) atoms. The third-order valence-electron chi connectivity index (χ3n) is 2.03. The molecule has 0 aliphatic carbocycles. The van der Waals surface area contributed by atoms with Gasteiger partial charge in [0.25, 0.3) is 6.10 Å². The molecule has 0 fully saturated rings. The number of benzene rings is 1. The summed E-state index contributed by atoms with van der Waals surface area (Å²) in [5, 5.41) is 17.3. The van der Waals surface area contributed by atoms with Crippen molar-refractivity contribution in [2.75, 3.05) is 6.54 Å². The van der Waals surface area contributed by atoms with E-state index in [0.29, 0.717) is 13.0 Å². The van der Waals surface area contributed by atoms with E-state index in [2.05, 4.69) is 0 Å². The molecule has 6 heteroatoms. The van der Waals surface area contributed by atoms with Crippen molar-refractivity contribution in [3.8, 4) is 5.75 Å². The maximum Gasteiger partial charge on any atom is 0.356 e. The molecule has 1 aromatic carbocycles. The SMILES string of the molecule is NCCc1cccc(OC(C(=O)O)C(=O)O)c1. The number of hydrogen-bond acceptors (Lipinski definition) is 4. The Morgan fingerprint density at radius 2 is 1.94 bits per heavy atom. The minimum Gasteiger partial charge on any atom is -0.478 e. The van der Waals surface area contributed by atoms with Gasteiger partial charge in [0.1, 0.15) is 5.75 Å². The summed E-state index contributed by atoms with van der Waals surface area (Å²) in [5.41, 5.74) is 6.24. The molecule has 0 spiro atoms. The standard InChI is InChI=1S/C11H13NO5/c12-5-4-7-2-1-3-8(6-7)17-9(10(13)14)11(15)16/h1-3,6,9H,4-5,12H2,(H,13,14)(H,15,16). The minimum atomic E-state index is -1.90. The molecule has 0 atom stereocenters. The van der Waals surface area contributed by atoms with Gasteiger partial charge in [-0.2, -0.15) is 0 Å². The number of aliphatic carboxylic acids is 2. The van der Waals surface area contributed by atoms with Gasteiger partial charge in [-0.25, -0.2) is 9.59 Å². The third-order valence-corrected chi connectivity index (χ3v) is 2.03. The molecule has 0 unspecified atom stereocenters. The van der Waals surface area contributed by atoms with Crippen molar-refractivity contribution in [3.05, 3.63) is 29.8 Å². The summed E-state index contributed by atoms with van der Waals surface area (Å²) in [6.45, 7) is 0.449. The van der Waals surface area contributed by atoms with Gasteiger partial charge in [-0.1, -0.05) is 12.1 Å². The van der Waals surface area contributed by atoms with E-state index in [1.165, 1.54) is 6.07 Å². The molecule has 92 valence electrons. The van der Waals surface area contributed by atoms with Gasteiger partial charge in [-0.05, 0) is 30.7 Å². The van der Waals surface area contributed by atoms with Crippen LogP contribution in [0.2, 0.25) is 0 Å². The second-order valence-electron chi connectivity index (χ2n) is 3.36. The summed E-state index contributed by atoms with van der Waals surface area (Å²) in [6.07, 6.45) is -1.29. The van der Waals surface area contributed by atoms with Gasteiger partial charge in [0, 0.05) is 0 Å². The lowest BCUT2D eigenvalue weighted by molar-refractivity contribution is -0.159. The Hall–Kier alpha value is -2.08. The van der Waals surface area contributed by atoms with Crippen LogP contribution < -0.4 is 10.5 Å². The molecule has 0 aliphatic rings. The first-order valence-electron chi connectivity index (χ1n) is 4.96. The lowest BCUT2D eigenvalue weighted by Crippen LogP contribution is -2.35. The van der Waals surface area contributed by atoms with Crippen molar-refractivity contribution in [1.29, 1.82) is 0 Å². The molecule has 1 aromatic rings. The van der Waals surface area contributed by atoms with Gasteiger partial charge in [0.15, 0.2) is 0 Å². The number of rotatable bonds is 6. The molecule has 0 saturated heterocycles. The maximum atomic E-state index is 10.6. The van der Waals surface area contributed by atoms with Gasteiger partial charge in [-0.3, -0.25) is 0 Å². The van der Waals surface area contributed by atoms with Crippen LogP contribution in [0.3, 0.4) is 0 Å². The van der Waals surface area contributed by atoms with Crippen LogP contribution in [0.25, 0.3) is 0 Å². The predicted octanol–water partition coefficient (Wildman–Crippen LogP) is 0.104. The van der Waals surface area contributed by atoms with Crippen molar-refractivity contribution in [3.63, 3.8) is 0 Å². The highest BCUT2D eigenvalue weighted by Crippen LogP contribution is 2.15. The lowest BCUT2D eigenvalue weighted by atomic mass is 10.1. The number of ether oxygens (including phenoxy) is 1. The van der Waals surface area contributed by atoms with Crippen LogP contribution in [-0.2, 0) is 16.0 Å². The van der Waals surface area contributed by atoms with E-state index in [4.69, 9.17) is 20.7 Å². The third kappa shape index (κ3) is 3.76. The van der Waals surface area contributed by atoms with E-state index in [1.807, 2.05) is 0 Å². The van der Waals surface area contributed by atoms with E-state index >= 15 is 0 Å². The summed E-state index contributed by atoms with van der Waals surface area (Å²) in [4.78, 5) is 21.3. The topological polar surface area (TPSA) is 110 Å². The molecule has 0 aromatic heterocycles. The molecule has 0 radical (unpaired) electrons. The number of carboxylic acid groups (broad SMARTS) is 2. The van der Waals surface area contributed by atoms with Gasteiger partial charge in [-0.15, -0.1) is 0 Å². The van der Waals surface area contributed by atoms with Crippen molar-refractivity contribution in [2.24, 2.45) is 5.73 Å². The first-order valence-corrected chi connectivity index (χ1v) is 4.96. The summed E-state index contributed by atoms with van der Waals surface area (Å²) < 4.78 is 4.88. The van der Waals surface area contributed by atoms with Crippen LogP contribution in [0.5, 0.6) is 5.75 Å². The lowest BCUT2D eigenvalue weighted by Gasteiger charge is -2.11. The number of nitrogens with two attached hydrogens (primary N) is 1. The molecule has 4 N–H and O–H groups in total. The normalized spacial score (nSPS) is 10.2. The molecular weight excluding hydrogens is 226 g/mol. The van der Waals surface area contributed by atoms with Gasteiger partial charge < -0.3 is 20.7 Å². The van der Waals surface area contributed by atoms with Crippen molar-refractivity contribution in [2.45, 2.75) is 12.5 Å². The number of carboxylic acids is 2. The smallest absolute Gasteiger partial charge is 0.356 e. The predicted molar refractivity (Wildman–Crippen MR) is 58.9 cm³/mol. The molecule has 0 bridgehead atoms. The fraction of sp³-hybridized carbons (Fsp3) is 0.273. The van der Waals surface area contributed by atoms with Crippen LogP contribution >= 0.6 is 0 Å². The zero-order valence-corrected chi connectivity index (χ0v) is 9.00. The van der Waals surface area contributed by atoms with Crippen molar-refractivity contribution in [1.82, 2.24) is 0 Å². The minimum absolute atomic E-state index is 0.200. The van der Waals surface area contributed by atoms with Crippen molar-refractivity contribution >= 4 is 11.9 Å². The fourth-order valence-electron chi connectivity index (χ4n) is 1.28. The molecule has 0 heterocycles. The highest BCUT2D eigenvalue weighted by molar-refractivity contribution is 5.96. The second kappa shape index (κ2) is 5.86. The van der Waals surface area contributed by atoms with Crippen molar-refractivity contribution < 1.29 is 24.5 Å². The zero-order valence-electron chi connectivity index (χ0n) is 9.00. The molecule has 0 amide bonds. The Labute approximate surface area is 97.6 Å². The van der Waals surface area contributed by atoms with Crippen LogP contribution in [0, 0.1) is 0 Å². The van der Waals surface area contributed by atoms with E-state index in [0.717, 1.165) is 5.56 Å². The van der Waals surface area contributed by atoms with Crippen LogP contribution in [0.4, 0.5) is 0 Å². The molecule has 0 aliphatic heterocycles. The van der Waals surface area contributed by atoms with Gasteiger partial charge in [0.05, 0.1) is 0 Å². The van der Waals surface area contributed by atoms with Gasteiger partial charge in [0.2, 0.25) is 0 Å². The molecule has 6 nitrogen and oxygen atoms in total. The number of hydrogen-bond donors (Lipinski definition) is 3. The van der Waals surface area contributed by atoms with Crippen LogP contribution in [-0.4, -0.2) is 34.8 Å². The monoisotopic (exact) mass is 239 g/mol. The van der Waals surface area contributed by atoms with Crippen LogP contribution in [0.1, 0.15) is 5.56 Å². The second-order valence-corrected chi connectivity index (χ2v) is 3.36. The zero-order chi connectivity index (χ0) is 12.8. The average molecular weight is 239 g/mol. The van der Waals surface area contributed by atoms with Crippen LogP contribution in [0.15, 0.2) is 24.3 Å². The maximum absolute atomic E-state index is 10.6. The number of carbonyl (C=O) groups is 2. The quantitative estimate of drug-likeness (QED) is 0.607. The van der Waals surface area contributed by atoms with E-state index in [-0.39, 0.29) is 5.75 Å². The Balaban J connectivity index is 2.82. The summed E-state index contributed by atoms with van der Waals surface area (Å²) in [5.74, 6) is -2.88. The first-order chi connectivity index (χ1) is 8.04. The molecular formula is C11H13NO5. The summed E-state index contributed by atoms with van der Waals surface area (Å²) in [6, 6.07) is 6.53. The Morgan fingerprint density at radius 1 is 1.29 bits per heavy atom. The molecule has 1 rings (SSSR count). The fourth-order valence-corrected chi connectivity index (χ4v) is 1.28. The Bertz CT molecular complexity index is 404. The highest BCUT2D eigenvalue weighted by Gasteiger charge is 2.27. The first kappa shape index (κ1) is 13.0.